The molecule has 0 saturated heterocycles. The van der Waals surface area contributed by atoms with Gasteiger partial charge in [-0.3, -0.25) is 9.69 Å². The highest BCUT2D eigenvalue weighted by molar-refractivity contribution is 6.01. The summed E-state index contributed by atoms with van der Waals surface area (Å²) in [6.45, 7) is 5.13. The summed E-state index contributed by atoms with van der Waals surface area (Å²) in [5.41, 5.74) is 3.38. The molecule has 30 heavy (non-hydrogen) atoms. The second-order valence-electron chi connectivity index (χ2n) is 7.38. The molecule has 2 aromatic carbocycles. The highest BCUT2D eigenvalue weighted by atomic mass is 16.5. The monoisotopic (exact) mass is 403 g/mol. The Hall–Kier alpha value is -3.54. The fraction of sp³-hybridized carbons (Fsp3) is 0.250. The molecule has 1 atom stereocenters. The summed E-state index contributed by atoms with van der Waals surface area (Å²) >= 11 is 0. The second kappa shape index (κ2) is 8.45. The minimum Gasteiger partial charge on any atom is -0.497 e. The van der Waals surface area contributed by atoms with Crippen molar-refractivity contribution >= 4 is 11.9 Å². The van der Waals surface area contributed by atoms with Crippen LogP contribution in [-0.4, -0.2) is 48.5 Å². The van der Waals surface area contributed by atoms with Crippen LogP contribution in [-0.2, 0) is 11.2 Å². The summed E-state index contributed by atoms with van der Waals surface area (Å²) in [5, 5.41) is 2.99. The van der Waals surface area contributed by atoms with E-state index in [-0.39, 0.29) is 11.9 Å². The molecule has 0 fully saturated rings. The van der Waals surface area contributed by atoms with E-state index < -0.39 is 6.04 Å². The van der Waals surface area contributed by atoms with Crippen molar-refractivity contribution in [1.29, 1.82) is 0 Å². The molecule has 154 valence electrons. The number of hydrogen-bond donors (Lipinski definition) is 1. The van der Waals surface area contributed by atoms with Crippen molar-refractivity contribution in [1.82, 2.24) is 15.1 Å². The summed E-state index contributed by atoms with van der Waals surface area (Å²) in [6, 6.07) is 16.8. The largest absolute Gasteiger partial charge is 0.497 e. The van der Waals surface area contributed by atoms with Gasteiger partial charge in [0.15, 0.2) is 0 Å². The van der Waals surface area contributed by atoms with Crippen LogP contribution in [0.2, 0.25) is 0 Å². The van der Waals surface area contributed by atoms with Gasteiger partial charge in [0.1, 0.15) is 5.75 Å². The predicted molar refractivity (Wildman–Crippen MR) is 115 cm³/mol. The molecule has 3 amide bonds. The fourth-order valence-corrected chi connectivity index (χ4v) is 4.03. The van der Waals surface area contributed by atoms with Crippen LogP contribution in [0, 0.1) is 0 Å². The lowest BCUT2D eigenvalue weighted by Crippen LogP contribution is -2.47. The van der Waals surface area contributed by atoms with Crippen LogP contribution in [0.3, 0.4) is 0 Å². The Bertz CT molecular complexity index is 1000. The van der Waals surface area contributed by atoms with Crippen LogP contribution in [0.1, 0.15) is 17.2 Å². The maximum Gasteiger partial charge on any atom is 0.322 e. The normalized spacial score (nSPS) is 18.4. The number of rotatable bonds is 7. The fourth-order valence-electron chi connectivity index (χ4n) is 4.03. The van der Waals surface area contributed by atoms with Gasteiger partial charge in [-0.2, -0.15) is 0 Å². The molecule has 0 spiro atoms. The molecule has 0 unspecified atom stereocenters. The topological polar surface area (TPSA) is 61.9 Å². The first kappa shape index (κ1) is 19.8. The summed E-state index contributed by atoms with van der Waals surface area (Å²) < 4.78 is 5.33. The molecule has 0 bridgehead atoms. The number of nitrogens with zero attached hydrogens (tertiary/aromatic N) is 2. The molecular formula is C24H25N3O3. The average Bonchev–Trinajstić information content (AvgIpc) is 3.11. The Kier molecular flexibility index (Phi) is 5.57. The van der Waals surface area contributed by atoms with Gasteiger partial charge in [-0.1, -0.05) is 48.5 Å². The number of carbonyl (C=O) groups excluding carboxylic acids is 2. The van der Waals surface area contributed by atoms with Crippen molar-refractivity contribution in [2.75, 3.05) is 26.7 Å². The van der Waals surface area contributed by atoms with E-state index in [1.165, 1.54) is 5.56 Å². The van der Waals surface area contributed by atoms with Crippen LogP contribution in [0.4, 0.5) is 4.79 Å². The Morgan fingerprint density at radius 1 is 1.17 bits per heavy atom. The quantitative estimate of drug-likeness (QED) is 0.722. The lowest BCUT2D eigenvalue weighted by atomic mass is 9.95. The zero-order chi connectivity index (χ0) is 21.1. The number of nitrogens with one attached hydrogen (secondary N) is 1. The van der Waals surface area contributed by atoms with Gasteiger partial charge in [0, 0.05) is 13.1 Å². The first-order valence-electron chi connectivity index (χ1n) is 10.0. The molecular weight excluding hydrogens is 378 g/mol. The van der Waals surface area contributed by atoms with Crippen LogP contribution >= 0.6 is 0 Å². The molecule has 6 heteroatoms. The number of carbonyl (C=O) groups is 2. The van der Waals surface area contributed by atoms with Gasteiger partial charge in [-0.25, -0.2) is 4.79 Å². The van der Waals surface area contributed by atoms with Gasteiger partial charge in [-0.05, 0) is 29.7 Å². The van der Waals surface area contributed by atoms with E-state index in [1.54, 1.807) is 18.1 Å². The summed E-state index contributed by atoms with van der Waals surface area (Å²) in [6.07, 6.45) is 2.44. The van der Waals surface area contributed by atoms with Crippen molar-refractivity contribution in [2.24, 2.45) is 0 Å². The third kappa shape index (κ3) is 3.68. The maximum atomic E-state index is 13.4. The van der Waals surface area contributed by atoms with E-state index in [1.807, 2.05) is 47.4 Å². The van der Waals surface area contributed by atoms with Gasteiger partial charge in [0.25, 0.3) is 5.91 Å². The Morgan fingerprint density at radius 3 is 2.70 bits per heavy atom. The molecule has 2 aromatic rings. The predicted octanol–water partition coefficient (Wildman–Crippen LogP) is 3.29. The molecule has 0 saturated carbocycles. The molecule has 0 aromatic heterocycles. The van der Waals surface area contributed by atoms with Crippen molar-refractivity contribution in [3.05, 3.63) is 89.6 Å². The molecule has 2 aliphatic heterocycles. The molecule has 1 N–H and O–H groups in total. The Labute approximate surface area is 176 Å². The minimum absolute atomic E-state index is 0.0391. The van der Waals surface area contributed by atoms with Gasteiger partial charge in [0.05, 0.1) is 31.0 Å². The highest BCUT2D eigenvalue weighted by Gasteiger charge is 2.43. The zero-order valence-corrected chi connectivity index (χ0v) is 17.0. The maximum absolute atomic E-state index is 13.4. The van der Waals surface area contributed by atoms with Crippen molar-refractivity contribution in [2.45, 2.75) is 12.5 Å². The zero-order valence-electron chi connectivity index (χ0n) is 17.0. The third-order valence-electron chi connectivity index (χ3n) is 5.55. The van der Waals surface area contributed by atoms with Crippen molar-refractivity contribution in [3.63, 3.8) is 0 Å². The van der Waals surface area contributed by atoms with Crippen LogP contribution < -0.4 is 10.1 Å². The highest BCUT2D eigenvalue weighted by Crippen LogP contribution is 2.37. The van der Waals surface area contributed by atoms with E-state index in [0.717, 1.165) is 17.7 Å². The SMILES string of the molecule is C=CCN1C(=O)N[C@@H](c2cccc(OC)c2)C2=C1CN(CCc1ccccc1)C2=O. The Morgan fingerprint density at radius 2 is 1.97 bits per heavy atom. The Balaban J connectivity index is 1.64. The molecule has 2 aliphatic rings. The number of ether oxygens (including phenoxy) is 1. The van der Waals surface area contributed by atoms with E-state index in [4.69, 9.17) is 4.74 Å². The third-order valence-corrected chi connectivity index (χ3v) is 5.55. The molecule has 4 rings (SSSR count). The first-order valence-corrected chi connectivity index (χ1v) is 10.0. The lowest BCUT2D eigenvalue weighted by molar-refractivity contribution is -0.125. The van der Waals surface area contributed by atoms with Gasteiger partial charge < -0.3 is 15.0 Å². The number of hydrogen-bond acceptors (Lipinski definition) is 3. The standard InChI is InChI=1S/C24H25N3O3/c1-3-13-27-20-16-26(14-12-17-8-5-4-6-9-17)23(28)21(20)22(25-24(27)29)18-10-7-11-19(15-18)30-2/h3-11,15,22H,1,12-14,16H2,2H3,(H,25,29)/t22-/m0/s1. The van der Waals surface area contributed by atoms with Gasteiger partial charge >= 0.3 is 6.03 Å². The number of methoxy groups -OCH3 is 1. The lowest BCUT2D eigenvalue weighted by Gasteiger charge is -2.33. The first-order chi connectivity index (χ1) is 14.6. The van der Waals surface area contributed by atoms with E-state index in [2.05, 4.69) is 24.0 Å². The average molecular weight is 403 g/mol. The summed E-state index contributed by atoms with van der Waals surface area (Å²) in [7, 11) is 1.60. The van der Waals surface area contributed by atoms with Crippen LogP contribution in [0.25, 0.3) is 0 Å². The molecule has 6 nitrogen and oxygen atoms in total. The molecule has 0 radical (unpaired) electrons. The van der Waals surface area contributed by atoms with Crippen LogP contribution in [0.5, 0.6) is 5.75 Å². The second-order valence-corrected chi connectivity index (χ2v) is 7.38. The number of amides is 3. The van der Waals surface area contributed by atoms with Gasteiger partial charge in [-0.15, -0.1) is 6.58 Å². The summed E-state index contributed by atoms with van der Waals surface area (Å²) in [5.74, 6) is 0.645. The van der Waals surface area contributed by atoms with Crippen molar-refractivity contribution < 1.29 is 14.3 Å². The van der Waals surface area contributed by atoms with Crippen molar-refractivity contribution in [3.8, 4) is 5.75 Å². The smallest absolute Gasteiger partial charge is 0.322 e. The molecule has 0 aliphatic carbocycles. The van der Waals surface area contributed by atoms with E-state index in [0.29, 0.717) is 31.0 Å². The van der Waals surface area contributed by atoms with E-state index in [9.17, 15) is 9.59 Å². The van der Waals surface area contributed by atoms with Crippen LogP contribution in [0.15, 0.2) is 78.5 Å². The minimum atomic E-state index is -0.502. The summed E-state index contributed by atoms with van der Waals surface area (Å²) in [4.78, 5) is 29.6. The van der Waals surface area contributed by atoms with Gasteiger partial charge in [0.2, 0.25) is 0 Å². The number of urea groups is 1. The molecule has 2 heterocycles. The number of benzene rings is 2. The van der Waals surface area contributed by atoms with E-state index >= 15 is 0 Å².